The molecule has 3 N–H and O–H groups in total. The lowest BCUT2D eigenvalue weighted by molar-refractivity contribution is -0.154. The molecular weight excluding hydrogens is 470 g/mol. The predicted molar refractivity (Wildman–Crippen MR) is 132 cm³/mol. The van der Waals surface area contributed by atoms with Gasteiger partial charge in [-0.2, -0.15) is 0 Å². The van der Waals surface area contributed by atoms with Gasteiger partial charge < -0.3 is 24.8 Å². The second-order valence-electron chi connectivity index (χ2n) is 10.8. The minimum atomic E-state index is -1.25. The maximum absolute atomic E-state index is 13.2. The fourth-order valence-corrected chi connectivity index (χ4v) is 5.46. The fraction of sp³-hybridized carbons (Fsp3) is 0.731. The van der Waals surface area contributed by atoms with Crippen molar-refractivity contribution in [1.82, 2.24) is 4.98 Å². The molecule has 2 saturated heterocycles. The zero-order chi connectivity index (χ0) is 26.0. The van der Waals surface area contributed by atoms with Gasteiger partial charge in [0, 0.05) is 17.7 Å². The molecular formula is C26H39NO7S. The normalized spacial score (nSPS) is 37.1. The number of esters is 1. The summed E-state index contributed by atoms with van der Waals surface area (Å²) in [4.78, 5) is 30.2. The molecule has 0 unspecified atom stereocenters. The molecule has 35 heavy (non-hydrogen) atoms. The number of epoxide rings is 1. The highest BCUT2D eigenvalue weighted by Gasteiger charge is 2.52. The minimum Gasteiger partial charge on any atom is -0.458 e. The predicted octanol–water partition coefficient (Wildman–Crippen LogP) is 3.27. The van der Waals surface area contributed by atoms with E-state index in [0.29, 0.717) is 17.1 Å². The third kappa shape index (κ3) is 6.77. The number of nitrogens with zero attached hydrogens (tertiary/aromatic N) is 1. The van der Waals surface area contributed by atoms with Gasteiger partial charge in [-0.3, -0.25) is 9.59 Å². The van der Waals surface area contributed by atoms with E-state index in [-0.39, 0.29) is 36.4 Å². The van der Waals surface area contributed by atoms with Gasteiger partial charge in [-0.05, 0) is 37.8 Å². The van der Waals surface area contributed by atoms with Gasteiger partial charge in [0.25, 0.3) is 0 Å². The number of rotatable bonds is 3. The van der Waals surface area contributed by atoms with Crippen molar-refractivity contribution in [3.8, 4) is 0 Å². The fourth-order valence-electron chi connectivity index (χ4n) is 4.84. The first kappa shape index (κ1) is 27.9. The number of thiazole rings is 1. The average Bonchev–Trinajstić information content (AvgIpc) is 3.20. The van der Waals surface area contributed by atoms with E-state index in [1.165, 1.54) is 11.3 Å². The summed E-state index contributed by atoms with van der Waals surface area (Å²) in [7, 11) is 0. The summed E-state index contributed by atoms with van der Waals surface area (Å²) in [5.74, 6) is -1.64. The van der Waals surface area contributed by atoms with Crippen LogP contribution in [0, 0.1) is 17.3 Å². The van der Waals surface area contributed by atoms with Crippen molar-refractivity contribution in [1.29, 1.82) is 0 Å². The van der Waals surface area contributed by atoms with Crippen LogP contribution in [0.3, 0.4) is 0 Å². The van der Waals surface area contributed by atoms with Crippen molar-refractivity contribution in [3.05, 3.63) is 22.2 Å². The Morgan fingerprint density at radius 1 is 1.23 bits per heavy atom. The van der Waals surface area contributed by atoms with Crippen molar-refractivity contribution in [3.63, 3.8) is 0 Å². The van der Waals surface area contributed by atoms with Crippen molar-refractivity contribution in [2.45, 2.75) is 103 Å². The Balaban J connectivity index is 1.80. The van der Waals surface area contributed by atoms with Crippen LogP contribution < -0.4 is 0 Å². The van der Waals surface area contributed by atoms with Crippen LogP contribution in [0.2, 0.25) is 0 Å². The van der Waals surface area contributed by atoms with Gasteiger partial charge in [0.2, 0.25) is 0 Å². The molecule has 0 saturated carbocycles. The number of fused-ring (bicyclic) bond motifs is 1. The second-order valence-corrected chi connectivity index (χ2v) is 11.8. The molecule has 2 aliphatic heterocycles. The van der Waals surface area contributed by atoms with Gasteiger partial charge in [-0.1, -0.05) is 34.1 Å². The van der Waals surface area contributed by atoms with Gasteiger partial charge >= 0.3 is 5.97 Å². The summed E-state index contributed by atoms with van der Waals surface area (Å²) >= 11 is 1.34. The molecule has 0 radical (unpaired) electrons. The summed E-state index contributed by atoms with van der Waals surface area (Å²) in [6.45, 7) is 8.73. The molecule has 0 bridgehead atoms. The second kappa shape index (κ2) is 11.2. The number of aliphatic hydroxyl groups excluding tert-OH is 3. The SMILES string of the molecule is C[C@H]1CCC[C@@]2(C)O[C@H]2C[C@@H](C=Cc2csc(CO)n2)OC(=O)C[C@H](O)C(C)(C)C(=O)[C@H](C)[C@H]1O. The van der Waals surface area contributed by atoms with Gasteiger partial charge in [0.15, 0.2) is 0 Å². The molecule has 0 spiro atoms. The first-order chi connectivity index (χ1) is 16.4. The van der Waals surface area contributed by atoms with Crippen LogP contribution in [0.15, 0.2) is 11.5 Å². The molecule has 2 fully saturated rings. The van der Waals surface area contributed by atoms with E-state index in [2.05, 4.69) is 4.98 Å². The first-order valence-corrected chi connectivity index (χ1v) is 13.3. The Labute approximate surface area is 211 Å². The van der Waals surface area contributed by atoms with Gasteiger partial charge in [-0.15, -0.1) is 11.3 Å². The molecule has 1 aromatic heterocycles. The molecule has 0 aromatic carbocycles. The average molecular weight is 510 g/mol. The van der Waals surface area contributed by atoms with Crippen LogP contribution in [-0.2, 0) is 25.7 Å². The number of ketones is 1. The van der Waals surface area contributed by atoms with Crippen molar-refractivity contribution in [2.75, 3.05) is 0 Å². The van der Waals surface area contributed by atoms with Crippen molar-refractivity contribution < 1.29 is 34.4 Å². The number of carbonyl (C=O) groups is 2. The number of aromatic nitrogens is 1. The van der Waals surface area contributed by atoms with Crippen LogP contribution in [0.5, 0.6) is 0 Å². The number of cyclic esters (lactones) is 1. The maximum atomic E-state index is 13.2. The first-order valence-electron chi connectivity index (χ1n) is 12.4. The Hall–Kier alpha value is -1.65. The highest BCUT2D eigenvalue weighted by Crippen LogP contribution is 2.44. The van der Waals surface area contributed by atoms with Crippen LogP contribution in [0.25, 0.3) is 6.08 Å². The number of ether oxygens (including phenoxy) is 2. The monoisotopic (exact) mass is 509 g/mol. The van der Waals surface area contributed by atoms with Gasteiger partial charge in [0.1, 0.15) is 16.9 Å². The molecule has 3 heterocycles. The summed E-state index contributed by atoms with van der Waals surface area (Å²) in [6, 6.07) is 0. The minimum absolute atomic E-state index is 0.0802. The molecule has 1 aromatic rings. The number of carbonyl (C=O) groups excluding carboxylic acids is 2. The Bertz CT molecular complexity index is 929. The van der Waals surface area contributed by atoms with E-state index < -0.39 is 35.6 Å². The van der Waals surface area contributed by atoms with Crippen LogP contribution in [-0.4, -0.2) is 62.1 Å². The van der Waals surface area contributed by atoms with Crippen LogP contribution in [0.1, 0.15) is 77.4 Å². The highest BCUT2D eigenvalue weighted by atomic mass is 32.1. The van der Waals surface area contributed by atoms with Crippen LogP contribution in [0.4, 0.5) is 0 Å². The molecule has 9 heteroatoms. The molecule has 196 valence electrons. The van der Waals surface area contributed by atoms with Crippen molar-refractivity contribution >= 4 is 29.2 Å². The number of aliphatic hydroxyl groups is 3. The van der Waals surface area contributed by atoms with E-state index >= 15 is 0 Å². The van der Waals surface area contributed by atoms with E-state index in [4.69, 9.17) is 9.47 Å². The van der Waals surface area contributed by atoms with Crippen molar-refractivity contribution in [2.24, 2.45) is 17.3 Å². The Morgan fingerprint density at radius 3 is 2.60 bits per heavy atom. The zero-order valence-corrected chi connectivity index (χ0v) is 22.1. The zero-order valence-electron chi connectivity index (χ0n) is 21.3. The number of hydrogen-bond donors (Lipinski definition) is 3. The largest absolute Gasteiger partial charge is 0.458 e. The van der Waals surface area contributed by atoms with Crippen LogP contribution >= 0.6 is 11.3 Å². The third-order valence-electron chi connectivity index (χ3n) is 7.62. The molecule has 3 rings (SSSR count). The maximum Gasteiger partial charge on any atom is 0.309 e. The highest BCUT2D eigenvalue weighted by molar-refractivity contribution is 7.09. The summed E-state index contributed by atoms with van der Waals surface area (Å²) in [5.41, 5.74) is -0.885. The smallest absolute Gasteiger partial charge is 0.309 e. The summed E-state index contributed by atoms with van der Waals surface area (Å²) in [6.07, 6.45) is 3.27. The Morgan fingerprint density at radius 2 is 1.94 bits per heavy atom. The lowest BCUT2D eigenvalue weighted by Gasteiger charge is -2.34. The molecule has 0 aliphatic carbocycles. The number of Topliss-reactive ketones (excluding diaryl/α,β-unsaturated/α-hetero) is 1. The van der Waals surface area contributed by atoms with E-state index in [1.54, 1.807) is 32.9 Å². The lowest BCUT2D eigenvalue weighted by atomic mass is 9.73. The standard InChI is InChI=1S/C26H39NO7S/c1-15-7-6-10-26(5)20(34-26)11-18(9-8-17-14-35-21(13-28)27-17)33-22(30)12-19(29)25(3,4)24(32)16(2)23(15)31/h8-9,14-16,18-20,23,28-29,31H,6-7,10-13H2,1-5H3/t15-,16+,18+,19-,20-,23-,26+/m0/s1. The molecule has 0 amide bonds. The third-order valence-corrected chi connectivity index (χ3v) is 8.47. The van der Waals surface area contributed by atoms with Gasteiger partial charge in [-0.25, -0.2) is 4.98 Å². The summed E-state index contributed by atoms with van der Waals surface area (Å²) < 4.78 is 11.7. The molecule has 8 nitrogen and oxygen atoms in total. The van der Waals surface area contributed by atoms with E-state index in [1.807, 2.05) is 19.2 Å². The molecule has 7 atom stereocenters. The summed E-state index contributed by atoms with van der Waals surface area (Å²) in [5, 5.41) is 33.2. The quantitative estimate of drug-likeness (QED) is 0.418. The lowest BCUT2D eigenvalue weighted by Crippen LogP contribution is -2.45. The topological polar surface area (TPSA) is 129 Å². The Kier molecular flexibility index (Phi) is 8.91. The molecule has 2 aliphatic rings. The van der Waals surface area contributed by atoms with E-state index in [9.17, 15) is 24.9 Å². The van der Waals surface area contributed by atoms with Gasteiger partial charge in [0.05, 0.1) is 48.0 Å². The van der Waals surface area contributed by atoms with E-state index in [0.717, 1.165) is 19.3 Å². The number of hydrogen-bond acceptors (Lipinski definition) is 9.